The Balaban J connectivity index is 1.74. The molecule has 0 aliphatic rings. The van der Waals surface area contributed by atoms with E-state index in [1.165, 1.54) is 4.63 Å². The van der Waals surface area contributed by atoms with Crippen molar-refractivity contribution in [1.82, 2.24) is 34.8 Å². The zero-order valence-electron chi connectivity index (χ0n) is 12.4. The van der Waals surface area contributed by atoms with Gasteiger partial charge in [-0.25, -0.2) is 4.98 Å². The van der Waals surface area contributed by atoms with E-state index in [4.69, 9.17) is 0 Å². The zero-order valence-corrected chi connectivity index (χ0v) is 12.4. The van der Waals surface area contributed by atoms with Crippen LogP contribution >= 0.6 is 0 Å². The van der Waals surface area contributed by atoms with Crippen molar-refractivity contribution in [1.29, 1.82) is 0 Å². The van der Waals surface area contributed by atoms with E-state index in [9.17, 15) is 0 Å². The number of benzene rings is 1. The smallest absolute Gasteiger partial charge is 0.200 e. The number of fused-ring (bicyclic) bond motifs is 1. The molecule has 0 bridgehead atoms. The third-order valence-electron chi connectivity index (χ3n) is 3.61. The van der Waals surface area contributed by atoms with Gasteiger partial charge in [0, 0.05) is 19.4 Å². The van der Waals surface area contributed by atoms with E-state index in [0.29, 0.717) is 11.5 Å². The number of nitrogens with one attached hydrogen (secondary N) is 1. The van der Waals surface area contributed by atoms with Gasteiger partial charge in [-0.3, -0.25) is 0 Å². The summed E-state index contributed by atoms with van der Waals surface area (Å²) in [5, 5.41) is 19.1. The van der Waals surface area contributed by atoms with Crippen LogP contribution in [0.4, 0.5) is 5.82 Å². The highest BCUT2D eigenvalue weighted by molar-refractivity contribution is 5.45. The molecule has 0 amide bonds. The van der Waals surface area contributed by atoms with Crippen LogP contribution in [0.15, 0.2) is 54.9 Å². The van der Waals surface area contributed by atoms with Crippen molar-refractivity contribution in [3.05, 3.63) is 66.2 Å². The second-order valence-electron chi connectivity index (χ2n) is 5.13. The summed E-state index contributed by atoms with van der Waals surface area (Å²) < 4.78 is 3.38. The van der Waals surface area contributed by atoms with Crippen LogP contribution in [-0.4, -0.2) is 34.8 Å². The first-order valence-corrected chi connectivity index (χ1v) is 7.15. The number of imidazole rings is 1. The minimum atomic E-state index is -0.127. The van der Waals surface area contributed by atoms with Crippen molar-refractivity contribution < 1.29 is 0 Å². The molecule has 0 spiro atoms. The fraction of sp³-hybridized carbons (Fsp3) is 0.133. The summed E-state index contributed by atoms with van der Waals surface area (Å²) in [6, 6.07) is 13.7. The van der Waals surface area contributed by atoms with Gasteiger partial charge in [0.1, 0.15) is 17.7 Å². The van der Waals surface area contributed by atoms with Crippen LogP contribution in [0.2, 0.25) is 0 Å². The van der Waals surface area contributed by atoms with Crippen molar-refractivity contribution in [2.45, 2.75) is 6.04 Å². The van der Waals surface area contributed by atoms with Gasteiger partial charge in [0.05, 0.1) is 0 Å². The fourth-order valence-electron chi connectivity index (χ4n) is 2.47. The second-order valence-corrected chi connectivity index (χ2v) is 5.13. The van der Waals surface area contributed by atoms with Crippen molar-refractivity contribution >= 4 is 11.5 Å². The molecule has 1 N–H and O–H groups in total. The van der Waals surface area contributed by atoms with Crippen LogP contribution in [0.25, 0.3) is 5.65 Å². The monoisotopic (exact) mass is 306 g/mol. The average Bonchev–Trinajstić information content (AvgIpc) is 3.21. The van der Waals surface area contributed by atoms with E-state index >= 15 is 0 Å². The quantitative estimate of drug-likeness (QED) is 0.614. The molecule has 1 atom stereocenters. The van der Waals surface area contributed by atoms with E-state index in [0.717, 1.165) is 11.4 Å². The number of hydrogen-bond donors (Lipinski definition) is 1. The molecule has 4 aromatic rings. The van der Waals surface area contributed by atoms with Crippen LogP contribution in [-0.2, 0) is 7.05 Å². The van der Waals surface area contributed by atoms with E-state index in [-0.39, 0.29) is 6.04 Å². The lowest BCUT2D eigenvalue weighted by Gasteiger charge is -2.19. The molecule has 3 aromatic heterocycles. The first-order valence-electron chi connectivity index (χ1n) is 7.15. The summed E-state index contributed by atoms with van der Waals surface area (Å²) >= 11 is 0. The number of aryl methyl sites for hydroxylation is 1. The minimum Gasteiger partial charge on any atom is -0.355 e. The first kappa shape index (κ1) is 13.4. The average molecular weight is 306 g/mol. The van der Waals surface area contributed by atoms with Crippen LogP contribution in [0.1, 0.15) is 17.4 Å². The Kier molecular flexibility index (Phi) is 3.19. The lowest BCUT2D eigenvalue weighted by atomic mass is 10.1. The Hall–Kier alpha value is -3.29. The number of anilines is 1. The molecule has 4 rings (SSSR count). The number of hydrogen-bond acceptors (Lipinski definition) is 6. The molecule has 0 saturated heterocycles. The molecular formula is C15H14N8. The SMILES string of the molecule is Cn1ccnc1C(Nc1ccc2nnnn2n1)c1ccccc1. The molecule has 0 saturated carbocycles. The lowest BCUT2D eigenvalue weighted by molar-refractivity contribution is 0.715. The summed E-state index contributed by atoms with van der Waals surface area (Å²) in [4.78, 5) is 4.47. The summed E-state index contributed by atoms with van der Waals surface area (Å²) in [6.45, 7) is 0. The van der Waals surface area contributed by atoms with Crippen LogP contribution in [0.3, 0.4) is 0 Å². The number of nitrogens with zero attached hydrogens (tertiary/aromatic N) is 7. The largest absolute Gasteiger partial charge is 0.355 e. The molecule has 8 nitrogen and oxygen atoms in total. The van der Waals surface area contributed by atoms with Gasteiger partial charge in [0.2, 0.25) is 0 Å². The standard InChI is InChI=1S/C15H14N8/c1-22-10-9-16-15(22)14(11-5-3-2-4-6-11)17-12-7-8-13-18-20-21-23(13)19-12/h2-10,14H,1H3,(H,17,19). The van der Waals surface area contributed by atoms with Crippen molar-refractivity contribution in [2.75, 3.05) is 5.32 Å². The van der Waals surface area contributed by atoms with Crippen LogP contribution in [0.5, 0.6) is 0 Å². The Morgan fingerprint density at radius 3 is 2.74 bits per heavy atom. The minimum absolute atomic E-state index is 0.127. The van der Waals surface area contributed by atoms with Crippen LogP contribution in [0, 0.1) is 0 Å². The molecule has 1 aromatic carbocycles. The van der Waals surface area contributed by atoms with Crippen molar-refractivity contribution in [3.63, 3.8) is 0 Å². The topological polar surface area (TPSA) is 85.8 Å². The van der Waals surface area contributed by atoms with E-state index in [2.05, 4.69) is 43.1 Å². The number of rotatable bonds is 4. The van der Waals surface area contributed by atoms with Gasteiger partial charge in [-0.05, 0) is 28.1 Å². The van der Waals surface area contributed by atoms with E-state index in [1.54, 1.807) is 6.20 Å². The van der Waals surface area contributed by atoms with Gasteiger partial charge < -0.3 is 9.88 Å². The zero-order chi connectivity index (χ0) is 15.6. The van der Waals surface area contributed by atoms with Gasteiger partial charge in [-0.15, -0.1) is 14.8 Å². The highest BCUT2D eigenvalue weighted by atomic mass is 15.6. The summed E-state index contributed by atoms with van der Waals surface area (Å²) in [7, 11) is 1.97. The predicted octanol–water partition coefficient (Wildman–Crippen LogP) is 1.45. The maximum Gasteiger partial charge on any atom is 0.200 e. The Labute approximate surface area is 131 Å². The fourth-order valence-corrected chi connectivity index (χ4v) is 2.47. The maximum absolute atomic E-state index is 4.47. The molecule has 3 heterocycles. The molecule has 0 radical (unpaired) electrons. The summed E-state index contributed by atoms with van der Waals surface area (Å²) in [5.74, 6) is 1.57. The Morgan fingerprint density at radius 2 is 1.96 bits per heavy atom. The van der Waals surface area contributed by atoms with Gasteiger partial charge in [-0.2, -0.15) is 0 Å². The number of tetrazole rings is 1. The molecule has 0 fully saturated rings. The third kappa shape index (κ3) is 2.50. The first-order chi connectivity index (χ1) is 11.3. The molecular weight excluding hydrogens is 292 g/mol. The van der Waals surface area contributed by atoms with Gasteiger partial charge in [-0.1, -0.05) is 30.3 Å². The Morgan fingerprint density at radius 1 is 1.09 bits per heavy atom. The molecule has 1 unspecified atom stereocenters. The second kappa shape index (κ2) is 5.48. The normalized spacial score (nSPS) is 12.4. The summed E-state index contributed by atoms with van der Waals surface area (Å²) in [5.41, 5.74) is 1.70. The third-order valence-corrected chi connectivity index (χ3v) is 3.61. The van der Waals surface area contributed by atoms with E-state index in [1.807, 2.05) is 48.1 Å². The van der Waals surface area contributed by atoms with Gasteiger partial charge in [0.25, 0.3) is 0 Å². The van der Waals surface area contributed by atoms with Crippen molar-refractivity contribution in [3.8, 4) is 0 Å². The van der Waals surface area contributed by atoms with Crippen LogP contribution < -0.4 is 5.32 Å². The molecule has 0 aliphatic carbocycles. The molecule has 0 aliphatic heterocycles. The van der Waals surface area contributed by atoms with Gasteiger partial charge in [0.15, 0.2) is 5.65 Å². The Bertz CT molecular complexity index is 927. The van der Waals surface area contributed by atoms with Crippen molar-refractivity contribution in [2.24, 2.45) is 7.05 Å². The maximum atomic E-state index is 4.47. The molecule has 114 valence electrons. The molecule has 8 heteroatoms. The van der Waals surface area contributed by atoms with E-state index < -0.39 is 0 Å². The molecule has 23 heavy (non-hydrogen) atoms. The lowest BCUT2D eigenvalue weighted by Crippen LogP contribution is -2.18. The number of aromatic nitrogens is 7. The highest BCUT2D eigenvalue weighted by Gasteiger charge is 2.19. The summed E-state index contributed by atoms with van der Waals surface area (Å²) in [6.07, 6.45) is 3.70. The predicted molar refractivity (Wildman–Crippen MR) is 83.7 cm³/mol. The van der Waals surface area contributed by atoms with Gasteiger partial charge >= 0.3 is 0 Å². The highest BCUT2D eigenvalue weighted by Crippen LogP contribution is 2.24.